The van der Waals surface area contributed by atoms with Crippen molar-refractivity contribution in [1.29, 1.82) is 0 Å². The molecule has 0 aliphatic carbocycles. The molecule has 0 saturated heterocycles. The molecule has 0 aliphatic heterocycles. The fourth-order valence-electron chi connectivity index (χ4n) is 3.08. The highest BCUT2D eigenvalue weighted by atomic mass is 16.5. The lowest BCUT2D eigenvalue weighted by Gasteiger charge is -2.10. The van der Waals surface area contributed by atoms with Gasteiger partial charge in [-0.25, -0.2) is 4.98 Å². The quantitative estimate of drug-likeness (QED) is 0.454. The van der Waals surface area contributed by atoms with Gasteiger partial charge in [-0.2, -0.15) is 0 Å². The molecule has 0 atom stereocenters. The zero-order chi connectivity index (χ0) is 20.6. The summed E-state index contributed by atoms with van der Waals surface area (Å²) in [6.45, 7) is 4.53. The second-order valence-corrected chi connectivity index (χ2v) is 6.82. The van der Waals surface area contributed by atoms with Gasteiger partial charge >= 0.3 is 0 Å². The summed E-state index contributed by atoms with van der Waals surface area (Å²) in [5, 5.41) is 0. The number of amides is 2. The fraction of sp³-hybridized carbons (Fsp3) is 0.318. The molecule has 0 aliphatic rings. The number of nitrogens with one attached hydrogen (secondary N) is 2. The van der Waals surface area contributed by atoms with E-state index in [9.17, 15) is 9.59 Å². The van der Waals surface area contributed by atoms with Gasteiger partial charge in [0.2, 0.25) is 5.91 Å². The van der Waals surface area contributed by atoms with Crippen LogP contribution >= 0.6 is 0 Å². The lowest BCUT2D eigenvalue weighted by molar-refractivity contribution is -0.129. The molecule has 7 heteroatoms. The number of aryl methyl sites for hydroxylation is 2. The highest BCUT2D eigenvalue weighted by Crippen LogP contribution is 2.16. The van der Waals surface area contributed by atoms with E-state index in [4.69, 9.17) is 4.74 Å². The van der Waals surface area contributed by atoms with Crippen molar-refractivity contribution >= 4 is 22.8 Å². The molecule has 0 bridgehead atoms. The predicted octanol–water partition coefficient (Wildman–Crippen LogP) is 2.91. The van der Waals surface area contributed by atoms with E-state index in [-0.39, 0.29) is 24.8 Å². The molecule has 2 N–H and O–H groups in total. The van der Waals surface area contributed by atoms with E-state index in [1.54, 1.807) is 0 Å². The van der Waals surface area contributed by atoms with E-state index in [1.807, 2.05) is 66.9 Å². The van der Waals surface area contributed by atoms with Crippen molar-refractivity contribution in [1.82, 2.24) is 20.4 Å². The number of hydrogen-bond acceptors (Lipinski definition) is 4. The Kier molecular flexibility index (Phi) is 6.84. The number of imidazole rings is 1. The Balaban J connectivity index is 1.42. The average Bonchev–Trinajstić information content (AvgIpc) is 3.07. The first-order chi connectivity index (χ1) is 14.1. The molecule has 0 saturated carbocycles. The third kappa shape index (κ3) is 5.57. The number of rotatable bonds is 8. The molecule has 3 rings (SSSR count). The number of nitrogens with zero attached hydrogens (tertiary/aromatic N) is 2. The second kappa shape index (κ2) is 9.73. The number of fused-ring (bicyclic) bond motifs is 1. The van der Waals surface area contributed by atoms with Crippen molar-refractivity contribution in [2.75, 3.05) is 6.61 Å². The van der Waals surface area contributed by atoms with E-state index in [0.29, 0.717) is 13.0 Å². The van der Waals surface area contributed by atoms with E-state index in [1.165, 1.54) is 0 Å². The molecule has 2 amide bonds. The molecule has 1 aromatic heterocycles. The van der Waals surface area contributed by atoms with Crippen LogP contribution in [-0.4, -0.2) is 28.0 Å². The van der Waals surface area contributed by atoms with E-state index >= 15 is 0 Å². The number of hydrazine groups is 1. The highest BCUT2D eigenvalue weighted by Gasteiger charge is 2.12. The van der Waals surface area contributed by atoms with E-state index in [0.717, 1.165) is 34.6 Å². The van der Waals surface area contributed by atoms with Crippen LogP contribution in [0.4, 0.5) is 0 Å². The number of ether oxygens (including phenoxy) is 1. The molecule has 0 spiro atoms. The van der Waals surface area contributed by atoms with Gasteiger partial charge in [0, 0.05) is 12.8 Å². The summed E-state index contributed by atoms with van der Waals surface area (Å²) >= 11 is 0. The zero-order valence-electron chi connectivity index (χ0n) is 16.8. The molecule has 0 radical (unpaired) electrons. The summed E-state index contributed by atoms with van der Waals surface area (Å²) in [5.41, 5.74) is 7.82. The van der Waals surface area contributed by atoms with Crippen LogP contribution in [0, 0.1) is 6.92 Å². The monoisotopic (exact) mass is 394 g/mol. The smallest absolute Gasteiger partial charge is 0.258 e. The SMILES string of the molecule is CCc1nc2ccccc2n1CC(=O)NNC(=O)CCCOc1cccc(C)c1. The molecule has 1 heterocycles. The van der Waals surface area contributed by atoms with Gasteiger partial charge in [0.15, 0.2) is 0 Å². The van der Waals surface area contributed by atoms with Gasteiger partial charge in [0.1, 0.15) is 18.1 Å². The van der Waals surface area contributed by atoms with Gasteiger partial charge in [0.25, 0.3) is 5.91 Å². The first kappa shape index (κ1) is 20.4. The van der Waals surface area contributed by atoms with Crippen LogP contribution in [0.5, 0.6) is 5.75 Å². The number of para-hydroxylation sites is 2. The van der Waals surface area contributed by atoms with Crippen LogP contribution in [0.15, 0.2) is 48.5 Å². The van der Waals surface area contributed by atoms with Crippen molar-refractivity contribution in [3.63, 3.8) is 0 Å². The van der Waals surface area contributed by atoms with Crippen LogP contribution in [0.25, 0.3) is 11.0 Å². The first-order valence-electron chi connectivity index (χ1n) is 9.78. The number of aromatic nitrogens is 2. The van der Waals surface area contributed by atoms with Crippen LogP contribution in [0.1, 0.15) is 31.2 Å². The standard InChI is InChI=1S/C22H26N4O3/c1-3-20-23-18-10-4-5-11-19(18)26(20)15-22(28)25-24-21(27)12-7-13-29-17-9-6-8-16(2)14-17/h4-6,8-11,14H,3,7,12-13,15H2,1-2H3,(H,24,27)(H,25,28). The summed E-state index contributed by atoms with van der Waals surface area (Å²) in [5.74, 6) is 1.07. The lowest BCUT2D eigenvalue weighted by Crippen LogP contribution is -2.43. The Morgan fingerprint density at radius 2 is 1.86 bits per heavy atom. The van der Waals surface area contributed by atoms with Crippen LogP contribution < -0.4 is 15.6 Å². The number of carbonyl (C=O) groups is 2. The zero-order valence-corrected chi connectivity index (χ0v) is 16.8. The third-order valence-electron chi connectivity index (χ3n) is 4.50. The predicted molar refractivity (Wildman–Crippen MR) is 111 cm³/mol. The van der Waals surface area contributed by atoms with Gasteiger partial charge in [-0.15, -0.1) is 0 Å². The van der Waals surface area contributed by atoms with Crippen molar-refractivity contribution in [3.05, 3.63) is 59.9 Å². The fourth-order valence-corrected chi connectivity index (χ4v) is 3.08. The van der Waals surface area contributed by atoms with E-state index in [2.05, 4.69) is 15.8 Å². The van der Waals surface area contributed by atoms with Crippen molar-refractivity contribution in [2.24, 2.45) is 0 Å². The number of benzene rings is 2. The Morgan fingerprint density at radius 1 is 1.07 bits per heavy atom. The third-order valence-corrected chi connectivity index (χ3v) is 4.50. The second-order valence-electron chi connectivity index (χ2n) is 6.82. The molecule has 0 unspecified atom stereocenters. The maximum absolute atomic E-state index is 12.3. The summed E-state index contributed by atoms with van der Waals surface area (Å²) in [7, 11) is 0. The average molecular weight is 394 g/mol. The summed E-state index contributed by atoms with van der Waals surface area (Å²) in [6, 6.07) is 15.5. The van der Waals surface area contributed by atoms with Crippen molar-refractivity contribution < 1.29 is 14.3 Å². The van der Waals surface area contributed by atoms with Crippen LogP contribution in [0.2, 0.25) is 0 Å². The Bertz CT molecular complexity index is 997. The normalized spacial score (nSPS) is 10.7. The van der Waals surface area contributed by atoms with Crippen molar-refractivity contribution in [3.8, 4) is 5.75 Å². The number of carbonyl (C=O) groups excluding carboxylic acids is 2. The maximum Gasteiger partial charge on any atom is 0.258 e. The maximum atomic E-state index is 12.3. The Labute approximate surface area is 170 Å². The summed E-state index contributed by atoms with van der Waals surface area (Å²) in [4.78, 5) is 28.8. The molecular weight excluding hydrogens is 368 g/mol. The van der Waals surface area contributed by atoms with Gasteiger partial charge in [-0.05, 0) is 43.2 Å². The minimum Gasteiger partial charge on any atom is -0.494 e. The number of hydrogen-bond donors (Lipinski definition) is 2. The Morgan fingerprint density at radius 3 is 2.66 bits per heavy atom. The van der Waals surface area contributed by atoms with Gasteiger partial charge in [-0.1, -0.05) is 31.2 Å². The first-order valence-corrected chi connectivity index (χ1v) is 9.78. The van der Waals surface area contributed by atoms with Crippen LogP contribution in [-0.2, 0) is 22.6 Å². The van der Waals surface area contributed by atoms with E-state index < -0.39 is 0 Å². The molecular formula is C22H26N4O3. The Hall–Kier alpha value is -3.35. The largest absolute Gasteiger partial charge is 0.494 e. The molecule has 7 nitrogen and oxygen atoms in total. The lowest BCUT2D eigenvalue weighted by atomic mass is 10.2. The topological polar surface area (TPSA) is 85.3 Å². The van der Waals surface area contributed by atoms with Gasteiger partial charge in [0.05, 0.1) is 17.6 Å². The molecule has 3 aromatic rings. The minimum atomic E-state index is -0.299. The highest BCUT2D eigenvalue weighted by molar-refractivity contribution is 5.83. The molecule has 29 heavy (non-hydrogen) atoms. The van der Waals surface area contributed by atoms with Crippen molar-refractivity contribution in [2.45, 2.75) is 39.7 Å². The van der Waals surface area contributed by atoms with Gasteiger partial charge < -0.3 is 9.30 Å². The molecule has 152 valence electrons. The van der Waals surface area contributed by atoms with Gasteiger partial charge in [-0.3, -0.25) is 20.4 Å². The molecule has 0 fully saturated rings. The minimum absolute atomic E-state index is 0.0977. The molecule has 2 aromatic carbocycles. The van der Waals surface area contributed by atoms with Crippen LogP contribution in [0.3, 0.4) is 0 Å². The summed E-state index contributed by atoms with van der Waals surface area (Å²) in [6.07, 6.45) is 1.54. The summed E-state index contributed by atoms with van der Waals surface area (Å²) < 4.78 is 7.49.